The van der Waals surface area contributed by atoms with Crippen molar-refractivity contribution in [2.45, 2.75) is 39.8 Å². The van der Waals surface area contributed by atoms with Crippen molar-refractivity contribution in [2.75, 3.05) is 13.7 Å². The number of nitrogens with one attached hydrogen (secondary N) is 1. The monoisotopic (exact) mass is 446 g/mol. The highest BCUT2D eigenvalue weighted by Crippen LogP contribution is 2.26. The lowest BCUT2D eigenvalue weighted by molar-refractivity contribution is -0.142. The molecule has 0 spiro atoms. The zero-order valence-electron chi connectivity index (χ0n) is 16.8. The summed E-state index contributed by atoms with van der Waals surface area (Å²) >= 11 is 3.49. The topological polar surface area (TPSA) is 58.6 Å². The number of carbonyl (C=O) groups excluding carboxylic acids is 2. The normalized spacial score (nSPS) is 11.6. The van der Waals surface area contributed by atoms with Crippen molar-refractivity contribution in [3.63, 3.8) is 0 Å². The molecule has 0 heterocycles. The van der Waals surface area contributed by atoms with Crippen molar-refractivity contribution in [3.8, 4) is 5.75 Å². The number of likely N-dealkylation sites (N-methyl/N-ethyl adjacent to an activating group) is 1. The van der Waals surface area contributed by atoms with E-state index in [0.29, 0.717) is 12.3 Å². The Bertz CT molecular complexity index is 838. The Morgan fingerprint density at radius 1 is 1.18 bits per heavy atom. The van der Waals surface area contributed by atoms with Gasteiger partial charge in [0.1, 0.15) is 11.8 Å². The Labute approximate surface area is 175 Å². The molecule has 0 aliphatic heterocycles. The lowest BCUT2D eigenvalue weighted by atomic mass is 10.1. The lowest BCUT2D eigenvalue weighted by Crippen LogP contribution is -2.48. The van der Waals surface area contributed by atoms with Crippen LogP contribution in [0.15, 0.2) is 46.9 Å². The maximum absolute atomic E-state index is 12.9. The summed E-state index contributed by atoms with van der Waals surface area (Å²) < 4.78 is 6.54. The molecule has 0 aromatic heterocycles. The van der Waals surface area contributed by atoms with Crippen LogP contribution in [0, 0.1) is 6.92 Å². The first-order valence-corrected chi connectivity index (χ1v) is 10.1. The quantitative estimate of drug-likeness (QED) is 0.669. The molecule has 2 amide bonds. The average molecular weight is 447 g/mol. The van der Waals surface area contributed by atoms with E-state index in [1.807, 2.05) is 49.4 Å². The van der Waals surface area contributed by atoms with Crippen LogP contribution < -0.4 is 10.1 Å². The molecular weight excluding hydrogens is 420 g/mol. The number of amides is 2. The number of carbonyl (C=O) groups is 2. The van der Waals surface area contributed by atoms with E-state index in [0.717, 1.165) is 22.0 Å². The van der Waals surface area contributed by atoms with E-state index in [2.05, 4.69) is 28.2 Å². The van der Waals surface area contributed by atoms with Gasteiger partial charge in [-0.25, -0.2) is 0 Å². The minimum absolute atomic E-state index is 0.142. The molecule has 2 aromatic rings. The van der Waals surface area contributed by atoms with Gasteiger partial charge in [0.15, 0.2) is 6.61 Å². The second-order valence-corrected chi connectivity index (χ2v) is 7.56. The molecule has 5 nitrogen and oxygen atoms in total. The van der Waals surface area contributed by atoms with Crippen LogP contribution in [0.1, 0.15) is 30.5 Å². The highest BCUT2D eigenvalue weighted by atomic mass is 79.9. The number of aryl methyl sites for hydroxylation is 2. The third kappa shape index (κ3) is 5.83. The van der Waals surface area contributed by atoms with Gasteiger partial charge < -0.3 is 15.0 Å². The molecule has 0 radical (unpaired) electrons. The number of halogens is 1. The first kappa shape index (κ1) is 22.0. The molecule has 0 bridgehead atoms. The van der Waals surface area contributed by atoms with Crippen LogP contribution in [0.4, 0.5) is 0 Å². The minimum atomic E-state index is -0.604. The Morgan fingerprint density at radius 2 is 1.93 bits per heavy atom. The van der Waals surface area contributed by atoms with Gasteiger partial charge in [-0.05, 0) is 59.5 Å². The van der Waals surface area contributed by atoms with Gasteiger partial charge in [-0.15, -0.1) is 0 Å². The summed E-state index contributed by atoms with van der Waals surface area (Å²) in [5.74, 6) is 0.146. The molecule has 6 heteroatoms. The van der Waals surface area contributed by atoms with Crippen molar-refractivity contribution in [1.29, 1.82) is 0 Å². The summed E-state index contributed by atoms with van der Waals surface area (Å²) in [5, 5.41) is 2.61. The summed E-state index contributed by atoms with van der Waals surface area (Å²) in [6.07, 6.45) is 0.922. The summed E-state index contributed by atoms with van der Waals surface area (Å²) in [6, 6.07) is 13.1. The first-order chi connectivity index (χ1) is 13.3. The van der Waals surface area contributed by atoms with Crippen molar-refractivity contribution in [1.82, 2.24) is 10.2 Å². The van der Waals surface area contributed by atoms with Crippen LogP contribution in [0.25, 0.3) is 0 Å². The first-order valence-electron chi connectivity index (χ1n) is 9.33. The molecule has 1 atom stereocenters. The fourth-order valence-electron chi connectivity index (χ4n) is 2.90. The molecule has 0 fully saturated rings. The van der Waals surface area contributed by atoms with Gasteiger partial charge in [-0.2, -0.15) is 0 Å². The number of hydrogen-bond donors (Lipinski definition) is 1. The van der Waals surface area contributed by atoms with Crippen LogP contribution >= 0.6 is 15.9 Å². The van der Waals surface area contributed by atoms with Gasteiger partial charge in [0, 0.05) is 13.6 Å². The molecule has 0 aliphatic carbocycles. The fourth-order valence-corrected chi connectivity index (χ4v) is 3.44. The van der Waals surface area contributed by atoms with Crippen LogP contribution in [0.3, 0.4) is 0 Å². The predicted molar refractivity (Wildman–Crippen MR) is 114 cm³/mol. The molecule has 150 valence electrons. The van der Waals surface area contributed by atoms with Gasteiger partial charge in [0.2, 0.25) is 5.91 Å². The van der Waals surface area contributed by atoms with E-state index in [1.54, 1.807) is 18.9 Å². The van der Waals surface area contributed by atoms with Crippen molar-refractivity contribution in [3.05, 3.63) is 63.6 Å². The summed E-state index contributed by atoms with van der Waals surface area (Å²) in [5.41, 5.74) is 3.26. The molecule has 0 saturated carbocycles. The van der Waals surface area contributed by atoms with Gasteiger partial charge in [-0.1, -0.05) is 42.8 Å². The fraction of sp³-hybridized carbons (Fsp3) is 0.364. The van der Waals surface area contributed by atoms with Crippen molar-refractivity contribution in [2.24, 2.45) is 0 Å². The summed E-state index contributed by atoms with van der Waals surface area (Å²) in [4.78, 5) is 26.6. The van der Waals surface area contributed by atoms with E-state index < -0.39 is 6.04 Å². The molecule has 2 aromatic carbocycles. The zero-order chi connectivity index (χ0) is 20.7. The molecule has 0 unspecified atom stereocenters. The number of nitrogens with zero attached hydrogens (tertiary/aromatic N) is 1. The zero-order valence-corrected chi connectivity index (χ0v) is 18.4. The SMILES string of the molecule is CCc1ccc(OCC(=O)N(Cc2cccc(C)c2)[C@H](C)C(=O)NC)c(Br)c1. The second-order valence-electron chi connectivity index (χ2n) is 6.71. The van der Waals surface area contributed by atoms with Gasteiger partial charge in [0.05, 0.1) is 4.47 Å². The minimum Gasteiger partial charge on any atom is -0.483 e. The van der Waals surface area contributed by atoms with E-state index in [9.17, 15) is 9.59 Å². The van der Waals surface area contributed by atoms with Crippen molar-refractivity contribution < 1.29 is 14.3 Å². The van der Waals surface area contributed by atoms with Gasteiger partial charge >= 0.3 is 0 Å². The van der Waals surface area contributed by atoms with Gasteiger partial charge in [-0.3, -0.25) is 9.59 Å². The smallest absolute Gasteiger partial charge is 0.261 e. The van der Waals surface area contributed by atoms with E-state index in [-0.39, 0.29) is 18.4 Å². The van der Waals surface area contributed by atoms with E-state index in [4.69, 9.17) is 4.74 Å². The molecular formula is C22H27BrN2O3. The van der Waals surface area contributed by atoms with Crippen LogP contribution in [-0.4, -0.2) is 36.4 Å². The Balaban J connectivity index is 2.15. The van der Waals surface area contributed by atoms with E-state index >= 15 is 0 Å². The number of hydrogen-bond acceptors (Lipinski definition) is 3. The molecule has 28 heavy (non-hydrogen) atoms. The Kier molecular flexibility index (Phi) is 8.05. The predicted octanol–water partition coefficient (Wildman–Crippen LogP) is 3.86. The molecule has 0 saturated heterocycles. The molecule has 1 N–H and O–H groups in total. The van der Waals surface area contributed by atoms with Crippen LogP contribution in [0.2, 0.25) is 0 Å². The molecule has 2 rings (SSSR count). The largest absolute Gasteiger partial charge is 0.483 e. The van der Waals surface area contributed by atoms with Crippen LogP contribution in [-0.2, 0) is 22.6 Å². The maximum Gasteiger partial charge on any atom is 0.261 e. The van der Waals surface area contributed by atoms with Crippen LogP contribution in [0.5, 0.6) is 5.75 Å². The maximum atomic E-state index is 12.9. The van der Waals surface area contributed by atoms with Gasteiger partial charge in [0.25, 0.3) is 5.91 Å². The average Bonchev–Trinajstić information content (AvgIpc) is 2.69. The Morgan fingerprint density at radius 3 is 2.54 bits per heavy atom. The number of rotatable bonds is 8. The van der Waals surface area contributed by atoms with Crippen molar-refractivity contribution >= 4 is 27.7 Å². The van der Waals surface area contributed by atoms with E-state index in [1.165, 1.54) is 5.56 Å². The highest BCUT2D eigenvalue weighted by molar-refractivity contribution is 9.10. The Hall–Kier alpha value is -2.34. The lowest BCUT2D eigenvalue weighted by Gasteiger charge is -2.28. The number of benzene rings is 2. The number of ether oxygens (including phenoxy) is 1. The second kappa shape index (κ2) is 10.3. The third-order valence-corrected chi connectivity index (χ3v) is 5.22. The summed E-state index contributed by atoms with van der Waals surface area (Å²) in [6.45, 7) is 6.00. The standard InChI is InChI=1S/C22H27BrN2O3/c1-5-17-9-10-20(19(23)12-17)28-14-21(26)25(16(3)22(27)24-4)13-18-8-6-7-15(2)11-18/h6-12,16H,5,13-14H2,1-4H3,(H,24,27)/t16-/m1/s1. The summed E-state index contributed by atoms with van der Waals surface area (Å²) in [7, 11) is 1.57. The molecule has 0 aliphatic rings. The third-order valence-electron chi connectivity index (χ3n) is 4.60. The highest BCUT2D eigenvalue weighted by Gasteiger charge is 2.26.